The Bertz CT molecular complexity index is 937. The normalized spacial score (nSPS) is 14.4. The summed E-state index contributed by atoms with van der Waals surface area (Å²) in [4.78, 5) is 29.3. The lowest BCUT2D eigenvalue weighted by Gasteiger charge is -2.22. The molecule has 0 unspecified atom stereocenters. The third kappa shape index (κ3) is 6.30. The van der Waals surface area contributed by atoms with Gasteiger partial charge in [0, 0.05) is 32.7 Å². The first-order valence-corrected chi connectivity index (χ1v) is 10.6. The molecule has 0 radical (unpaired) electrons. The van der Waals surface area contributed by atoms with Gasteiger partial charge in [-0.05, 0) is 43.2 Å². The van der Waals surface area contributed by atoms with Gasteiger partial charge in [-0.1, -0.05) is 24.3 Å². The third-order valence-corrected chi connectivity index (χ3v) is 5.26. The van der Waals surface area contributed by atoms with Crippen LogP contribution in [0.25, 0.3) is 0 Å². The number of ether oxygens (including phenoxy) is 1. The first-order valence-electron chi connectivity index (χ1n) is 10.6. The van der Waals surface area contributed by atoms with Crippen LogP contribution in [-0.2, 0) is 11.3 Å². The van der Waals surface area contributed by atoms with Crippen LogP contribution in [0.1, 0.15) is 34.8 Å². The molecule has 3 rings (SSSR count). The Morgan fingerprint density at radius 1 is 1.06 bits per heavy atom. The molecule has 7 heteroatoms. The highest BCUT2D eigenvalue weighted by atomic mass is 16.5. The van der Waals surface area contributed by atoms with Crippen LogP contribution in [0.5, 0.6) is 5.75 Å². The highest BCUT2D eigenvalue weighted by Gasteiger charge is 2.20. The first-order chi connectivity index (χ1) is 15.1. The van der Waals surface area contributed by atoms with Gasteiger partial charge >= 0.3 is 0 Å². The van der Waals surface area contributed by atoms with Crippen LogP contribution >= 0.6 is 0 Å². The summed E-state index contributed by atoms with van der Waals surface area (Å²) in [5.74, 6) is 0.125. The van der Waals surface area contributed by atoms with E-state index >= 15 is 0 Å². The smallest absolute Gasteiger partial charge is 0.255 e. The number of para-hydroxylation sites is 1. The van der Waals surface area contributed by atoms with Crippen LogP contribution in [0.3, 0.4) is 0 Å². The molecule has 1 heterocycles. The van der Waals surface area contributed by atoms with Crippen molar-refractivity contribution in [3.8, 4) is 11.8 Å². The monoisotopic (exact) mass is 420 g/mol. The number of nitrogens with one attached hydrogen (secondary N) is 1. The average molecular weight is 421 g/mol. The van der Waals surface area contributed by atoms with Crippen LogP contribution in [0.2, 0.25) is 0 Å². The number of rotatable bonds is 7. The second-order valence-electron chi connectivity index (χ2n) is 7.43. The summed E-state index contributed by atoms with van der Waals surface area (Å²) in [6, 6.07) is 16.8. The molecule has 0 spiro atoms. The largest absolute Gasteiger partial charge is 0.493 e. The maximum atomic E-state index is 12.7. The van der Waals surface area contributed by atoms with E-state index in [1.54, 1.807) is 18.2 Å². The van der Waals surface area contributed by atoms with Gasteiger partial charge in [-0.15, -0.1) is 0 Å². The molecule has 1 aliphatic rings. The fraction of sp³-hybridized carbons (Fsp3) is 0.375. The molecule has 2 aromatic carbocycles. The number of hydrogen-bond acceptors (Lipinski definition) is 5. The molecule has 0 aromatic heterocycles. The molecule has 1 aliphatic heterocycles. The molecule has 0 aliphatic carbocycles. The van der Waals surface area contributed by atoms with Gasteiger partial charge in [0.25, 0.3) is 5.91 Å². The van der Waals surface area contributed by atoms with Gasteiger partial charge in [0.1, 0.15) is 5.75 Å². The fourth-order valence-electron chi connectivity index (χ4n) is 3.62. The maximum Gasteiger partial charge on any atom is 0.255 e. The molecule has 0 bridgehead atoms. The number of hydrogen-bond donors (Lipinski definition) is 1. The number of nitrogens with zero attached hydrogens (tertiary/aromatic N) is 3. The van der Waals surface area contributed by atoms with Crippen molar-refractivity contribution >= 4 is 11.8 Å². The summed E-state index contributed by atoms with van der Waals surface area (Å²) >= 11 is 0. The Labute approximate surface area is 183 Å². The van der Waals surface area contributed by atoms with Gasteiger partial charge < -0.3 is 15.0 Å². The second kappa shape index (κ2) is 11.1. The number of carbonyl (C=O) groups is 2. The third-order valence-electron chi connectivity index (χ3n) is 5.26. The van der Waals surface area contributed by atoms with Gasteiger partial charge in [-0.2, -0.15) is 5.26 Å². The number of nitriles is 1. The zero-order valence-corrected chi connectivity index (χ0v) is 17.8. The molecule has 162 valence electrons. The van der Waals surface area contributed by atoms with Gasteiger partial charge in [-0.3, -0.25) is 14.5 Å². The number of carbonyl (C=O) groups excluding carboxylic acids is 2. The topological polar surface area (TPSA) is 85.7 Å². The van der Waals surface area contributed by atoms with Crippen molar-refractivity contribution in [2.24, 2.45) is 0 Å². The minimum atomic E-state index is -0.310. The Kier molecular flexibility index (Phi) is 8.02. The van der Waals surface area contributed by atoms with E-state index in [9.17, 15) is 9.59 Å². The lowest BCUT2D eigenvalue weighted by atomic mass is 10.1. The van der Waals surface area contributed by atoms with Crippen molar-refractivity contribution in [1.82, 2.24) is 15.1 Å². The van der Waals surface area contributed by atoms with E-state index in [0.29, 0.717) is 36.6 Å². The van der Waals surface area contributed by atoms with E-state index in [2.05, 4.69) is 16.3 Å². The Balaban J connectivity index is 1.49. The van der Waals surface area contributed by atoms with Crippen LogP contribution in [0.15, 0.2) is 48.5 Å². The van der Waals surface area contributed by atoms with E-state index in [4.69, 9.17) is 10.00 Å². The van der Waals surface area contributed by atoms with Gasteiger partial charge in [0.2, 0.25) is 5.91 Å². The Morgan fingerprint density at radius 2 is 1.84 bits per heavy atom. The van der Waals surface area contributed by atoms with Gasteiger partial charge in [0.15, 0.2) is 0 Å². The summed E-state index contributed by atoms with van der Waals surface area (Å²) in [5.41, 5.74) is 2.24. The average Bonchev–Trinajstić information content (AvgIpc) is 3.04. The van der Waals surface area contributed by atoms with Crippen LogP contribution in [0.4, 0.5) is 0 Å². The quantitative estimate of drug-likeness (QED) is 0.744. The van der Waals surface area contributed by atoms with Crippen molar-refractivity contribution in [3.05, 3.63) is 65.2 Å². The van der Waals surface area contributed by atoms with Crippen molar-refractivity contribution in [2.75, 3.05) is 39.3 Å². The van der Waals surface area contributed by atoms with Crippen molar-refractivity contribution in [3.63, 3.8) is 0 Å². The molecule has 2 aromatic rings. The van der Waals surface area contributed by atoms with E-state index in [1.807, 2.05) is 42.2 Å². The zero-order chi connectivity index (χ0) is 22.1. The maximum absolute atomic E-state index is 12.7. The zero-order valence-electron chi connectivity index (χ0n) is 17.8. The highest BCUT2D eigenvalue weighted by molar-refractivity contribution is 5.98. The van der Waals surface area contributed by atoms with Crippen LogP contribution < -0.4 is 10.1 Å². The van der Waals surface area contributed by atoms with E-state index in [0.717, 1.165) is 31.6 Å². The van der Waals surface area contributed by atoms with E-state index < -0.39 is 0 Å². The second-order valence-corrected chi connectivity index (χ2v) is 7.43. The molecule has 31 heavy (non-hydrogen) atoms. The van der Waals surface area contributed by atoms with Crippen molar-refractivity contribution < 1.29 is 14.3 Å². The lowest BCUT2D eigenvalue weighted by Crippen LogP contribution is -2.42. The molecule has 1 N–H and O–H groups in total. The standard InChI is InChI=1S/C24H28N4O3/c1-2-31-22-7-4-3-6-21(22)24(30)26-17-23(29)28-13-5-12-27(14-15-28)18-20-10-8-19(16-25)9-11-20/h3-4,6-11H,2,5,12-15,17-18H2,1H3,(H,26,30). The molecule has 1 saturated heterocycles. The highest BCUT2D eigenvalue weighted by Crippen LogP contribution is 2.17. The van der Waals surface area contributed by atoms with E-state index in [1.165, 1.54) is 0 Å². The summed E-state index contributed by atoms with van der Waals surface area (Å²) in [6.45, 7) is 6.06. The molecule has 0 saturated carbocycles. The Morgan fingerprint density at radius 3 is 2.58 bits per heavy atom. The number of amides is 2. The van der Waals surface area contributed by atoms with Gasteiger partial charge in [-0.25, -0.2) is 0 Å². The van der Waals surface area contributed by atoms with Crippen molar-refractivity contribution in [1.29, 1.82) is 5.26 Å². The summed E-state index contributed by atoms with van der Waals surface area (Å²) in [5, 5.41) is 11.6. The predicted octanol–water partition coefficient (Wildman–Crippen LogP) is 2.42. The summed E-state index contributed by atoms with van der Waals surface area (Å²) in [7, 11) is 0. The van der Waals surface area contributed by atoms with Crippen LogP contribution in [0, 0.1) is 11.3 Å². The fourth-order valence-corrected chi connectivity index (χ4v) is 3.62. The SMILES string of the molecule is CCOc1ccccc1C(=O)NCC(=O)N1CCCN(Cc2ccc(C#N)cc2)CC1. The van der Waals surface area contributed by atoms with Crippen molar-refractivity contribution in [2.45, 2.75) is 19.9 Å². The summed E-state index contributed by atoms with van der Waals surface area (Å²) in [6.07, 6.45) is 0.878. The minimum absolute atomic E-state index is 0.0328. The molecular formula is C24H28N4O3. The first kappa shape index (κ1) is 22.3. The van der Waals surface area contributed by atoms with Gasteiger partial charge in [0.05, 0.1) is 30.3 Å². The minimum Gasteiger partial charge on any atom is -0.493 e. The molecule has 7 nitrogen and oxygen atoms in total. The molecular weight excluding hydrogens is 392 g/mol. The molecule has 1 fully saturated rings. The predicted molar refractivity (Wildman–Crippen MR) is 118 cm³/mol. The van der Waals surface area contributed by atoms with Crippen LogP contribution in [-0.4, -0.2) is 60.9 Å². The number of benzene rings is 2. The van der Waals surface area contributed by atoms with E-state index in [-0.39, 0.29) is 18.4 Å². The lowest BCUT2D eigenvalue weighted by molar-refractivity contribution is -0.130. The molecule has 2 amide bonds. The summed E-state index contributed by atoms with van der Waals surface area (Å²) < 4.78 is 5.49. The Hall–Kier alpha value is -3.37. The molecule has 0 atom stereocenters.